The Morgan fingerprint density at radius 3 is 2.14 bits per heavy atom. The van der Waals surface area contributed by atoms with Crippen LogP contribution in [0.1, 0.15) is 42.9 Å². The van der Waals surface area contributed by atoms with Gasteiger partial charge in [-0.2, -0.15) is 0 Å². The van der Waals surface area contributed by atoms with Crippen LogP contribution in [0.5, 0.6) is 0 Å². The minimum atomic E-state index is -1.41. The molecule has 1 aliphatic carbocycles. The monoisotopic (exact) mass is 485 g/mol. The first-order valence-corrected chi connectivity index (χ1v) is 10.9. The van der Waals surface area contributed by atoms with Gasteiger partial charge < -0.3 is 20.1 Å². The van der Waals surface area contributed by atoms with Gasteiger partial charge in [0, 0.05) is 35.9 Å². The molecule has 0 saturated heterocycles. The number of carboxylic acid groups (broad SMARTS) is 1. The van der Waals surface area contributed by atoms with Crippen molar-refractivity contribution in [3.05, 3.63) is 77.5 Å². The number of rotatable bonds is 7. The van der Waals surface area contributed by atoms with Gasteiger partial charge in [0.1, 0.15) is 17.7 Å². The average Bonchev–Trinajstić information content (AvgIpc) is 3.63. The molecule has 0 radical (unpaired) electrons. The van der Waals surface area contributed by atoms with Crippen molar-refractivity contribution in [2.75, 3.05) is 0 Å². The van der Waals surface area contributed by atoms with E-state index < -0.39 is 24.6 Å². The topological polar surface area (TPSA) is 93.5 Å². The molecule has 0 bridgehead atoms. The molecule has 0 aliphatic heterocycles. The molecule has 8 heteroatoms. The summed E-state index contributed by atoms with van der Waals surface area (Å²) in [4.78, 5) is 15.4. The molecule has 1 fully saturated rings. The quantitative estimate of drug-likeness (QED) is 0.368. The number of benzene rings is 2. The van der Waals surface area contributed by atoms with E-state index in [1.807, 2.05) is 0 Å². The van der Waals surface area contributed by atoms with E-state index in [0.29, 0.717) is 22.4 Å². The van der Waals surface area contributed by atoms with Crippen LogP contribution < -0.4 is 34.7 Å². The van der Waals surface area contributed by atoms with Crippen molar-refractivity contribution in [3.8, 4) is 34.2 Å². The second kappa shape index (κ2) is 11.9. The molecular weight excluding hydrogens is 463 g/mol. The molecule has 0 spiro atoms. The predicted octanol–water partition coefficient (Wildman–Crippen LogP) is 0.179. The first-order valence-electron chi connectivity index (χ1n) is 10.9. The van der Waals surface area contributed by atoms with E-state index >= 15 is 0 Å². The van der Waals surface area contributed by atoms with Crippen LogP contribution >= 0.6 is 0 Å². The first kappa shape index (κ1) is 27.0. The van der Waals surface area contributed by atoms with Gasteiger partial charge in [-0.25, -0.2) is 8.78 Å². The van der Waals surface area contributed by atoms with Gasteiger partial charge >= 0.3 is 29.6 Å². The zero-order chi connectivity index (χ0) is 24.2. The summed E-state index contributed by atoms with van der Waals surface area (Å²) in [6.07, 6.45) is -1.55. The Morgan fingerprint density at radius 2 is 1.60 bits per heavy atom. The second-order valence-electron chi connectivity index (χ2n) is 8.35. The summed E-state index contributed by atoms with van der Waals surface area (Å²) in [5, 5.41) is 30.6. The van der Waals surface area contributed by atoms with Gasteiger partial charge in [0.15, 0.2) is 0 Å². The van der Waals surface area contributed by atoms with Crippen molar-refractivity contribution in [3.63, 3.8) is 0 Å². The van der Waals surface area contributed by atoms with E-state index in [4.69, 9.17) is 4.98 Å². The van der Waals surface area contributed by atoms with Crippen LogP contribution in [-0.4, -0.2) is 33.4 Å². The maximum Gasteiger partial charge on any atom is 1.00 e. The zero-order valence-corrected chi connectivity index (χ0v) is 21.2. The molecule has 1 aliphatic rings. The molecule has 0 amide bonds. The van der Waals surface area contributed by atoms with Crippen LogP contribution in [-0.2, 0) is 4.79 Å². The van der Waals surface area contributed by atoms with Crippen LogP contribution in [0.4, 0.5) is 8.78 Å². The summed E-state index contributed by atoms with van der Waals surface area (Å²) >= 11 is 0. The van der Waals surface area contributed by atoms with Gasteiger partial charge in [0.05, 0.1) is 23.1 Å². The Kier molecular flexibility index (Phi) is 9.17. The average molecular weight is 485 g/mol. The van der Waals surface area contributed by atoms with E-state index in [-0.39, 0.29) is 53.5 Å². The molecule has 1 saturated carbocycles. The van der Waals surface area contributed by atoms with Crippen molar-refractivity contribution < 1.29 is 58.5 Å². The number of carbonyl (C=O) groups is 1. The SMILES string of the molecule is O=C([O-])C[C@H](O)C[C@H](O)C#Cc1c(-c2ccc(F)cc2)cc(-c2ccc(F)cc2)nc1C1CC1.[Na+]. The third-order valence-electron chi connectivity index (χ3n) is 5.57. The van der Waals surface area contributed by atoms with E-state index in [1.54, 1.807) is 30.3 Å². The summed E-state index contributed by atoms with van der Waals surface area (Å²) in [7, 11) is 0. The fourth-order valence-corrected chi connectivity index (χ4v) is 3.72. The van der Waals surface area contributed by atoms with Crippen molar-refractivity contribution in [2.24, 2.45) is 0 Å². The number of aromatic nitrogens is 1. The smallest absolute Gasteiger partial charge is 0.550 e. The molecule has 0 unspecified atom stereocenters. The van der Waals surface area contributed by atoms with Crippen LogP contribution in [0.3, 0.4) is 0 Å². The number of carbonyl (C=O) groups excluding carboxylic acids is 1. The van der Waals surface area contributed by atoms with Crippen molar-refractivity contribution in [1.82, 2.24) is 4.98 Å². The largest absolute Gasteiger partial charge is 1.00 e. The van der Waals surface area contributed by atoms with Crippen molar-refractivity contribution in [2.45, 2.75) is 43.8 Å². The molecule has 174 valence electrons. The van der Waals surface area contributed by atoms with Crippen LogP contribution in [0.25, 0.3) is 22.4 Å². The van der Waals surface area contributed by atoms with Gasteiger partial charge in [0.2, 0.25) is 0 Å². The summed E-state index contributed by atoms with van der Waals surface area (Å²) in [5.41, 5.74) is 4.04. The molecule has 4 rings (SSSR count). The first-order chi connectivity index (χ1) is 16.3. The molecule has 2 atom stereocenters. The number of halogens is 2. The van der Waals surface area contributed by atoms with Crippen LogP contribution in [0.2, 0.25) is 0 Å². The third kappa shape index (κ3) is 7.20. The Bertz CT molecular complexity index is 1250. The number of aliphatic hydroxyl groups is 2. The molecule has 5 nitrogen and oxygen atoms in total. The molecule has 2 N–H and O–H groups in total. The maximum atomic E-state index is 13.6. The fourth-order valence-electron chi connectivity index (χ4n) is 3.72. The number of aliphatic carboxylic acids is 1. The fraction of sp³-hybridized carbons (Fsp3) is 0.259. The zero-order valence-electron chi connectivity index (χ0n) is 19.2. The van der Waals surface area contributed by atoms with Gasteiger partial charge in [-0.3, -0.25) is 4.98 Å². The normalized spacial score (nSPS) is 14.3. The van der Waals surface area contributed by atoms with Gasteiger partial charge in [-0.1, -0.05) is 24.0 Å². The van der Waals surface area contributed by atoms with Gasteiger partial charge in [-0.05, 0) is 60.9 Å². The molecule has 3 aromatic rings. The van der Waals surface area contributed by atoms with Gasteiger partial charge in [0.25, 0.3) is 0 Å². The number of carboxylic acids is 1. The Morgan fingerprint density at radius 1 is 1.03 bits per heavy atom. The summed E-state index contributed by atoms with van der Waals surface area (Å²) in [6.45, 7) is 0. The molecular formula is C27H22F2NNaO4. The molecule has 35 heavy (non-hydrogen) atoms. The van der Waals surface area contributed by atoms with E-state index in [2.05, 4.69) is 11.8 Å². The second-order valence-corrected chi connectivity index (χ2v) is 8.35. The Hall–Kier alpha value is -2.60. The van der Waals surface area contributed by atoms with E-state index in [1.165, 1.54) is 24.3 Å². The van der Waals surface area contributed by atoms with Crippen molar-refractivity contribution >= 4 is 5.97 Å². The van der Waals surface area contributed by atoms with Crippen LogP contribution in [0.15, 0.2) is 54.6 Å². The van der Waals surface area contributed by atoms with Crippen molar-refractivity contribution in [1.29, 1.82) is 0 Å². The van der Waals surface area contributed by atoms with E-state index in [9.17, 15) is 28.9 Å². The number of hydrogen-bond donors (Lipinski definition) is 2. The van der Waals surface area contributed by atoms with Crippen LogP contribution in [0, 0.1) is 23.5 Å². The molecule has 2 aromatic carbocycles. The number of pyridine rings is 1. The minimum Gasteiger partial charge on any atom is -0.550 e. The molecule has 1 heterocycles. The maximum absolute atomic E-state index is 13.6. The minimum absolute atomic E-state index is 0. The Labute approximate surface area is 224 Å². The third-order valence-corrected chi connectivity index (χ3v) is 5.57. The number of hydrogen-bond acceptors (Lipinski definition) is 5. The molecule has 1 aromatic heterocycles. The van der Waals surface area contributed by atoms with Gasteiger partial charge in [-0.15, -0.1) is 0 Å². The standard InChI is InChI=1S/C27H23F2NO4.Na/c28-19-7-3-16(4-8-19)24-15-25(17-5-9-20(29)10-6-17)30-27(18-1-2-18)23(24)12-11-21(31)13-22(32)14-26(33)34;/h3-10,15,18,21-22,31-32H,1-2,13-14H2,(H,33,34);/q;+1/p-1/t21-,22-;/m1./s1. The predicted molar refractivity (Wildman–Crippen MR) is 120 cm³/mol. The number of nitrogens with zero attached hydrogens (tertiary/aromatic N) is 1. The summed E-state index contributed by atoms with van der Waals surface area (Å²) in [5.74, 6) is 3.67. The number of aliphatic hydroxyl groups excluding tert-OH is 2. The summed E-state index contributed by atoms with van der Waals surface area (Å²) in [6, 6.07) is 13.7. The Balaban J connectivity index is 0.00000342. The summed E-state index contributed by atoms with van der Waals surface area (Å²) < 4.78 is 27.0. The van der Waals surface area contributed by atoms with E-state index in [0.717, 1.165) is 24.1 Å².